The zero-order valence-corrected chi connectivity index (χ0v) is 10.8. The third-order valence-electron chi connectivity index (χ3n) is 3.33. The fraction of sp³-hybridized carbons (Fsp3) is 0.538. The summed E-state index contributed by atoms with van der Waals surface area (Å²) in [7, 11) is 0. The van der Waals surface area contributed by atoms with Crippen molar-refractivity contribution in [2.24, 2.45) is 0 Å². The average Bonchev–Trinajstić information content (AvgIpc) is 2.78. The molecule has 2 rings (SSSR count). The first-order valence-electron chi connectivity index (χ1n) is 5.95. The van der Waals surface area contributed by atoms with Crippen LogP contribution in [0.15, 0.2) is 18.5 Å². The summed E-state index contributed by atoms with van der Waals surface area (Å²) in [6.07, 6.45) is 7.56. The lowest BCUT2D eigenvalue weighted by molar-refractivity contribution is 0.0909. The van der Waals surface area contributed by atoms with E-state index in [1.165, 1.54) is 0 Å². The van der Waals surface area contributed by atoms with E-state index >= 15 is 0 Å². The summed E-state index contributed by atoms with van der Waals surface area (Å²) in [6, 6.07) is 1.85. The lowest BCUT2D eigenvalue weighted by Crippen LogP contribution is -2.47. The van der Waals surface area contributed by atoms with Crippen LogP contribution in [0.25, 0.3) is 0 Å². The van der Waals surface area contributed by atoms with E-state index in [4.69, 9.17) is 11.6 Å². The number of halogens is 1. The van der Waals surface area contributed by atoms with Crippen molar-refractivity contribution in [1.82, 2.24) is 10.3 Å². The van der Waals surface area contributed by atoms with Crippen molar-refractivity contribution in [3.8, 4) is 0 Å². The average molecular weight is 253 g/mol. The van der Waals surface area contributed by atoms with E-state index in [1.54, 1.807) is 12.4 Å². The number of pyridine rings is 1. The van der Waals surface area contributed by atoms with Crippen LogP contribution in [-0.2, 0) is 0 Å². The van der Waals surface area contributed by atoms with Crippen molar-refractivity contribution in [3.05, 3.63) is 29.6 Å². The largest absolute Gasteiger partial charge is 0.345 e. The predicted molar refractivity (Wildman–Crippen MR) is 68.4 cm³/mol. The maximum absolute atomic E-state index is 12.1. The van der Waals surface area contributed by atoms with Gasteiger partial charge in [0.1, 0.15) is 0 Å². The Hall–Kier alpha value is -1.09. The first-order chi connectivity index (χ1) is 8.15. The fourth-order valence-electron chi connectivity index (χ4n) is 2.34. The van der Waals surface area contributed by atoms with Gasteiger partial charge >= 0.3 is 0 Å². The highest BCUT2D eigenvalue weighted by atomic mass is 35.5. The van der Waals surface area contributed by atoms with Crippen LogP contribution in [0.4, 0.5) is 0 Å². The molecule has 1 aliphatic carbocycles. The molecule has 1 aromatic rings. The lowest BCUT2D eigenvalue weighted by atomic mass is 10.00. The van der Waals surface area contributed by atoms with Crippen molar-refractivity contribution in [3.63, 3.8) is 0 Å². The molecule has 1 fully saturated rings. The summed E-state index contributed by atoms with van der Waals surface area (Å²) in [6.45, 7) is 1.93. The number of amides is 1. The zero-order chi connectivity index (χ0) is 12.3. The number of carbonyl (C=O) groups is 1. The van der Waals surface area contributed by atoms with Crippen LogP contribution in [0, 0.1) is 6.92 Å². The summed E-state index contributed by atoms with van der Waals surface area (Å²) in [5.41, 5.74) is 1.40. The van der Waals surface area contributed by atoms with Gasteiger partial charge in [0, 0.05) is 18.3 Å². The number of rotatable bonds is 3. The number of aromatic nitrogens is 1. The molecule has 0 bridgehead atoms. The Labute approximate surface area is 107 Å². The summed E-state index contributed by atoms with van der Waals surface area (Å²) in [5, 5.41) is 3.07. The molecule has 1 aromatic heterocycles. The van der Waals surface area contributed by atoms with Crippen LogP contribution in [0.1, 0.15) is 41.6 Å². The SMILES string of the molecule is Cc1cncc(C(=O)NC2(CCl)CCCC2)c1. The van der Waals surface area contributed by atoms with Crippen LogP contribution < -0.4 is 5.32 Å². The lowest BCUT2D eigenvalue weighted by Gasteiger charge is -2.27. The summed E-state index contributed by atoms with van der Waals surface area (Å²) in [4.78, 5) is 16.1. The second kappa shape index (κ2) is 5.05. The smallest absolute Gasteiger partial charge is 0.253 e. The number of hydrogen-bond donors (Lipinski definition) is 1. The first kappa shape index (κ1) is 12.4. The molecule has 1 heterocycles. The molecule has 92 valence electrons. The minimum atomic E-state index is -0.206. The zero-order valence-electron chi connectivity index (χ0n) is 10.0. The Morgan fingerprint density at radius 2 is 2.18 bits per heavy atom. The molecule has 0 aromatic carbocycles. The normalized spacial score (nSPS) is 18.0. The van der Waals surface area contributed by atoms with Crippen LogP contribution in [-0.4, -0.2) is 22.3 Å². The molecule has 3 nitrogen and oxygen atoms in total. The molecule has 0 spiro atoms. The second-order valence-corrected chi connectivity index (χ2v) is 5.09. The summed E-state index contributed by atoms with van der Waals surface area (Å²) in [5.74, 6) is 0.418. The van der Waals surface area contributed by atoms with Gasteiger partial charge in [0.25, 0.3) is 5.91 Å². The number of nitrogens with zero attached hydrogens (tertiary/aromatic N) is 1. The van der Waals surface area contributed by atoms with Crippen LogP contribution in [0.5, 0.6) is 0 Å². The summed E-state index contributed by atoms with van der Waals surface area (Å²) >= 11 is 6.00. The van der Waals surface area contributed by atoms with Gasteiger partial charge in [0.2, 0.25) is 0 Å². The minimum Gasteiger partial charge on any atom is -0.345 e. The van der Waals surface area contributed by atoms with E-state index < -0.39 is 0 Å². The maximum Gasteiger partial charge on any atom is 0.253 e. The van der Waals surface area contributed by atoms with Gasteiger partial charge in [-0.15, -0.1) is 11.6 Å². The van der Waals surface area contributed by atoms with Gasteiger partial charge in [-0.1, -0.05) is 12.8 Å². The van der Waals surface area contributed by atoms with E-state index in [-0.39, 0.29) is 11.4 Å². The molecule has 1 N–H and O–H groups in total. The third kappa shape index (κ3) is 2.78. The Bertz CT molecular complexity index is 414. The van der Waals surface area contributed by atoms with Gasteiger partial charge in [-0.3, -0.25) is 9.78 Å². The quantitative estimate of drug-likeness (QED) is 0.841. The Morgan fingerprint density at radius 3 is 2.76 bits per heavy atom. The number of hydrogen-bond acceptors (Lipinski definition) is 2. The fourth-order valence-corrected chi connectivity index (χ4v) is 2.67. The molecular weight excluding hydrogens is 236 g/mol. The van der Waals surface area contributed by atoms with E-state index in [9.17, 15) is 4.79 Å². The molecule has 1 amide bonds. The highest BCUT2D eigenvalue weighted by molar-refractivity contribution is 6.19. The number of nitrogens with one attached hydrogen (secondary N) is 1. The highest BCUT2D eigenvalue weighted by Crippen LogP contribution is 2.30. The molecular formula is C13H17ClN2O. The molecule has 0 radical (unpaired) electrons. The minimum absolute atomic E-state index is 0.0660. The van der Waals surface area contributed by atoms with Crippen molar-refractivity contribution in [2.75, 3.05) is 5.88 Å². The van der Waals surface area contributed by atoms with E-state index in [2.05, 4.69) is 10.3 Å². The molecule has 17 heavy (non-hydrogen) atoms. The topological polar surface area (TPSA) is 42.0 Å². The van der Waals surface area contributed by atoms with E-state index in [0.29, 0.717) is 11.4 Å². The van der Waals surface area contributed by atoms with Gasteiger partial charge in [-0.25, -0.2) is 0 Å². The molecule has 4 heteroatoms. The molecule has 1 aliphatic rings. The predicted octanol–water partition coefficient (Wildman–Crippen LogP) is 2.67. The van der Waals surface area contributed by atoms with Gasteiger partial charge in [0.05, 0.1) is 11.1 Å². The van der Waals surface area contributed by atoms with Crippen LogP contribution in [0.3, 0.4) is 0 Å². The Kier molecular flexibility index (Phi) is 3.67. The first-order valence-corrected chi connectivity index (χ1v) is 6.49. The standard InChI is InChI=1S/C13H17ClN2O/c1-10-6-11(8-15-7-10)12(17)16-13(9-14)4-2-3-5-13/h6-8H,2-5,9H2,1H3,(H,16,17). The Morgan fingerprint density at radius 1 is 1.47 bits per heavy atom. The monoisotopic (exact) mass is 252 g/mol. The molecule has 0 aliphatic heterocycles. The van der Waals surface area contributed by atoms with Crippen LogP contribution in [0.2, 0.25) is 0 Å². The van der Waals surface area contributed by atoms with Crippen molar-refractivity contribution in [1.29, 1.82) is 0 Å². The number of aryl methyl sites for hydroxylation is 1. The van der Waals surface area contributed by atoms with Gasteiger partial charge in [-0.05, 0) is 31.4 Å². The molecule has 0 atom stereocenters. The van der Waals surface area contributed by atoms with Crippen molar-refractivity contribution in [2.45, 2.75) is 38.1 Å². The highest BCUT2D eigenvalue weighted by Gasteiger charge is 2.34. The van der Waals surface area contributed by atoms with Crippen molar-refractivity contribution < 1.29 is 4.79 Å². The van der Waals surface area contributed by atoms with E-state index in [0.717, 1.165) is 31.2 Å². The second-order valence-electron chi connectivity index (χ2n) is 4.83. The van der Waals surface area contributed by atoms with E-state index in [1.807, 2.05) is 13.0 Å². The summed E-state index contributed by atoms with van der Waals surface area (Å²) < 4.78 is 0. The van der Waals surface area contributed by atoms with Gasteiger partial charge < -0.3 is 5.32 Å². The Balaban J connectivity index is 2.11. The van der Waals surface area contributed by atoms with Gasteiger partial charge in [-0.2, -0.15) is 0 Å². The van der Waals surface area contributed by atoms with Crippen LogP contribution >= 0.6 is 11.6 Å². The maximum atomic E-state index is 12.1. The molecule has 0 saturated heterocycles. The third-order valence-corrected chi connectivity index (χ3v) is 3.84. The molecule has 0 unspecified atom stereocenters. The number of alkyl halides is 1. The van der Waals surface area contributed by atoms with Crippen molar-refractivity contribution >= 4 is 17.5 Å². The molecule has 1 saturated carbocycles. The number of carbonyl (C=O) groups excluding carboxylic acids is 1. The van der Waals surface area contributed by atoms with Gasteiger partial charge in [0.15, 0.2) is 0 Å².